The monoisotopic (exact) mass is 390 g/mol. The van der Waals surface area contributed by atoms with Crippen molar-refractivity contribution < 1.29 is 39.7 Å². The van der Waals surface area contributed by atoms with Crippen LogP contribution < -0.4 is 0 Å². The highest BCUT2D eigenvalue weighted by molar-refractivity contribution is 7.86. The van der Waals surface area contributed by atoms with E-state index in [1.807, 2.05) is 0 Å². The van der Waals surface area contributed by atoms with Gasteiger partial charge < -0.3 is 0 Å². The Morgan fingerprint density at radius 2 is 1.40 bits per heavy atom. The molecule has 4 saturated carbocycles. The summed E-state index contributed by atoms with van der Waals surface area (Å²) in [7, 11) is -6.29. The average molecular weight is 390 g/mol. The third-order valence-electron chi connectivity index (χ3n) is 6.16. The number of carbonyl (C=O) groups excluding carboxylic acids is 1. The molecule has 0 radical (unpaired) electrons. The van der Waals surface area contributed by atoms with Crippen LogP contribution in [-0.2, 0) is 14.9 Å². The van der Waals surface area contributed by atoms with Gasteiger partial charge in [0.2, 0.25) is 0 Å². The number of rotatable bonds is 5. The predicted octanol–water partition coefficient (Wildman–Crippen LogP) is 3.82. The van der Waals surface area contributed by atoms with Gasteiger partial charge in [-0.3, -0.25) is 9.35 Å². The van der Waals surface area contributed by atoms with E-state index in [4.69, 9.17) is 4.55 Å². The lowest BCUT2D eigenvalue weighted by atomic mass is 9.48. The summed E-state index contributed by atoms with van der Waals surface area (Å²) in [5.41, 5.74) is -1.05. The van der Waals surface area contributed by atoms with Gasteiger partial charge in [0.15, 0.2) is 0 Å². The zero-order valence-corrected chi connectivity index (χ0v) is 14.0. The second-order valence-electron chi connectivity index (χ2n) is 7.96. The van der Waals surface area contributed by atoms with Crippen molar-refractivity contribution in [3.05, 3.63) is 0 Å². The maximum Gasteiger partial charge on any atom is 0.399 e. The molecule has 4 aliphatic rings. The van der Waals surface area contributed by atoms with Crippen molar-refractivity contribution in [1.29, 1.82) is 0 Å². The molecular formula is C15H19F5O4S. The molecular weight excluding hydrogens is 371 g/mol. The number of halogens is 5. The van der Waals surface area contributed by atoms with E-state index < -0.39 is 45.1 Å². The van der Waals surface area contributed by atoms with E-state index in [-0.39, 0.29) is 17.8 Å². The highest BCUT2D eigenvalue weighted by Crippen LogP contribution is 2.61. The van der Waals surface area contributed by atoms with E-state index in [0.717, 1.165) is 19.3 Å². The topological polar surface area (TPSA) is 71.4 Å². The molecule has 1 N–H and O–H groups in total. The number of hydrogen-bond donors (Lipinski definition) is 1. The Bertz CT molecular complexity index is 635. The van der Waals surface area contributed by atoms with Crippen LogP contribution in [0.4, 0.5) is 22.0 Å². The standard InChI is InChI=1S/C15H19F5O4S/c16-14(17,18)11(15(19,20)25(22,23)24)4-12(21)13-5-8-1-9(6-13)3-10(2-8)7-13/h8-11H,1-7H2,(H,22,23,24). The molecule has 25 heavy (non-hydrogen) atoms. The van der Waals surface area contributed by atoms with Crippen LogP contribution in [-0.4, -0.2) is 30.2 Å². The lowest BCUT2D eigenvalue weighted by Gasteiger charge is -2.56. The molecule has 0 aromatic heterocycles. The molecule has 0 heterocycles. The van der Waals surface area contributed by atoms with E-state index in [9.17, 15) is 35.2 Å². The van der Waals surface area contributed by atoms with Crippen LogP contribution in [0.25, 0.3) is 0 Å². The molecule has 4 bridgehead atoms. The Kier molecular flexibility index (Phi) is 4.27. The fourth-order valence-electron chi connectivity index (χ4n) is 5.46. The number of ketones is 1. The Hall–Kier alpha value is -0.770. The minimum absolute atomic E-state index is 0.224. The molecule has 1 atom stereocenters. The molecule has 4 fully saturated rings. The Morgan fingerprint density at radius 1 is 1.00 bits per heavy atom. The molecule has 0 spiro atoms. The van der Waals surface area contributed by atoms with Crippen molar-refractivity contribution in [3.8, 4) is 0 Å². The first-order valence-electron chi connectivity index (χ1n) is 8.19. The highest BCUT2D eigenvalue weighted by atomic mass is 32.2. The van der Waals surface area contributed by atoms with E-state index in [1.165, 1.54) is 0 Å². The van der Waals surface area contributed by atoms with Crippen LogP contribution in [0.5, 0.6) is 0 Å². The molecule has 144 valence electrons. The third kappa shape index (κ3) is 3.20. The minimum atomic E-state index is -6.29. The van der Waals surface area contributed by atoms with Gasteiger partial charge in [-0.05, 0) is 56.3 Å². The zero-order valence-electron chi connectivity index (χ0n) is 13.2. The van der Waals surface area contributed by atoms with Gasteiger partial charge in [-0.2, -0.15) is 30.4 Å². The highest BCUT2D eigenvalue weighted by Gasteiger charge is 2.65. The minimum Gasteiger partial charge on any atom is -0.299 e. The van der Waals surface area contributed by atoms with Crippen LogP contribution in [0, 0.1) is 29.1 Å². The van der Waals surface area contributed by atoms with Gasteiger partial charge in [0.1, 0.15) is 11.7 Å². The van der Waals surface area contributed by atoms with Gasteiger partial charge in [0.05, 0.1) is 0 Å². The van der Waals surface area contributed by atoms with Crippen molar-refractivity contribution in [2.45, 2.75) is 56.4 Å². The van der Waals surface area contributed by atoms with Gasteiger partial charge in [-0.15, -0.1) is 0 Å². The summed E-state index contributed by atoms with van der Waals surface area (Å²) in [6, 6.07) is 0. The number of alkyl halides is 5. The number of carbonyl (C=O) groups is 1. The summed E-state index contributed by atoms with van der Waals surface area (Å²) in [5, 5.41) is -5.46. The van der Waals surface area contributed by atoms with Crippen LogP contribution in [0.2, 0.25) is 0 Å². The van der Waals surface area contributed by atoms with Gasteiger partial charge >= 0.3 is 21.5 Å². The fraction of sp³-hybridized carbons (Fsp3) is 0.933. The lowest BCUT2D eigenvalue weighted by Crippen LogP contribution is -2.52. The smallest absolute Gasteiger partial charge is 0.299 e. The second kappa shape index (κ2) is 5.61. The Labute approximate surface area is 141 Å². The zero-order chi connectivity index (χ0) is 18.8. The molecule has 4 nitrogen and oxygen atoms in total. The first-order chi connectivity index (χ1) is 11.2. The second-order valence-corrected chi connectivity index (χ2v) is 9.45. The van der Waals surface area contributed by atoms with Gasteiger partial charge in [-0.1, -0.05) is 0 Å². The molecule has 4 aliphatic carbocycles. The van der Waals surface area contributed by atoms with Crippen LogP contribution in [0.3, 0.4) is 0 Å². The first kappa shape index (κ1) is 19.0. The van der Waals surface area contributed by atoms with Crippen molar-refractivity contribution in [2.75, 3.05) is 0 Å². The summed E-state index contributed by atoms with van der Waals surface area (Å²) >= 11 is 0. The number of hydrogen-bond acceptors (Lipinski definition) is 3. The summed E-state index contributed by atoms with van der Waals surface area (Å²) in [4.78, 5) is 12.6. The summed E-state index contributed by atoms with van der Waals surface area (Å²) < 4.78 is 96.7. The molecule has 4 rings (SSSR count). The van der Waals surface area contributed by atoms with Crippen LogP contribution >= 0.6 is 0 Å². The summed E-state index contributed by atoms with van der Waals surface area (Å²) in [5.74, 6) is -4.02. The Morgan fingerprint density at radius 3 is 1.72 bits per heavy atom. The molecule has 0 aromatic rings. The SMILES string of the molecule is O=C(CC(C(F)(F)F)C(F)(F)S(=O)(=O)O)C12CC3CC(CC(C3)C1)C2. The quantitative estimate of drug-likeness (QED) is 0.572. The van der Waals surface area contributed by atoms with Crippen molar-refractivity contribution in [3.63, 3.8) is 0 Å². The fourth-order valence-corrected chi connectivity index (χ4v) is 6.04. The summed E-state index contributed by atoms with van der Waals surface area (Å²) in [6.07, 6.45) is -3.34. The predicted molar refractivity (Wildman–Crippen MR) is 76.3 cm³/mol. The molecule has 1 unspecified atom stereocenters. The molecule has 0 aromatic carbocycles. The molecule has 0 aliphatic heterocycles. The average Bonchev–Trinajstić information content (AvgIpc) is 2.40. The molecule has 0 amide bonds. The number of Topliss-reactive ketones (excluding diaryl/α,β-unsaturated/α-hetero) is 1. The third-order valence-corrected chi connectivity index (χ3v) is 7.14. The molecule has 0 saturated heterocycles. The lowest BCUT2D eigenvalue weighted by molar-refractivity contribution is -0.222. The van der Waals surface area contributed by atoms with Crippen LogP contribution in [0.1, 0.15) is 44.9 Å². The van der Waals surface area contributed by atoms with Gasteiger partial charge in [-0.25, -0.2) is 0 Å². The first-order valence-corrected chi connectivity index (χ1v) is 9.63. The van der Waals surface area contributed by atoms with Gasteiger partial charge in [0.25, 0.3) is 0 Å². The van der Waals surface area contributed by atoms with Crippen LogP contribution in [0.15, 0.2) is 0 Å². The van der Waals surface area contributed by atoms with E-state index in [2.05, 4.69) is 0 Å². The van der Waals surface area contributed by atoms with E-state index >= 15 is 0 Å². The Balaban J connectivity index is 1.87. The van der Waals surface area contributed by atoms with Crippen molar-refractivity contribution in [1.82, 2.24) is 0 Å². The maximum atomic E-state index is 13.7. The maximum absolute atomic E-state index is 13.7. The normalized spacial score (nSPS) is 36.5. The summed E-state index contributed by atoms with van der Waals surface area (Å²) in [6.45, 7) is 0. The van der Waals surface area contributed by atoms with E-state index in [0.29, 0.717) is 19.3 Å². The largest absolute Gasteiger partial charge is 0.399 e. The van der Waals surface area contributed by atoms with Crippen molar-refractivity contribution in [2.24, 2.45) is 29.1 Å². The molecule has 10 heteroatoms. The van der Waals surface area contributed by atoms with E-state index in [1.54, 1.807) is 0 Å². The van der Waals surface area contributed by atoms with Crippen molar-refractivity contribution >= 4 is 15.9 Å². The van der Waals surface area contributed by atoms with Gasteiger partial charge in [0, 0.05) is 11.8 Å².